The van der Waals surface area contributed by atoms with Crippen molar-refractivity contribution in [2.45, 2.75) is 19.3 Å². The molecule has 134 valence electrons. The second-order valence-corrected chi connectivity index (χ2v) is 6.46. The molecule has 0 atom stereocenters. The quantitative estimate of drug-likeness (QED) is 0.380. The zero-order valence-electron chi connectivity index (χ0n) is 14.7. The number of aryl methyl sites for hydroxylation is 2. The fourth-order valence-corrected chi connectivity index (χ4v) is 3.46. The maximum Gasteiger partial charge on any atom is 0.344 e. The number of benzene rings is 3. The molecule has 0 spiro atoms. The Labute approximate surface area is 157 Å². The predicted molar refractivity (Wildman–Crippen MR) is 102 cm³/mol. The van der Waals surface area contributed by atoms with Crippen LogP contribution in [0, 0.1) is 0 Å². The van der Waals surface area contributed by atoms with Crippen molar-refractivity contribution in [3.8, 4) is 22.6 Å². The van der Waals surface area contributed by atoms with E-state index < -0.39 is 5.97 Å². The number of ether oxygens (including phenoxy) is 2. The van der Waals surface area contributed by atoms with Gasteiger partial charge in [0.1, 0.15) is 11.5 Å². The van der Waals surface area contributed by atoms with Crippen molar-refractivity contribution in [3.05, 3.63) is 83.4 Å². The SMILES string of the molecule is O=COc1ccc(-c2ccccc2)c(C(=O)Oc2ccc3c(c2)CCC3)c1. The second-order valence-electron chi connectivity index (χ2n) is 6.46. The molecule has 4 nitrogen and oxygen atoms in total. The molecule has 1 aliphatic carbocycles. The van der Waals surface area contributed by atoms with E-state index in [2.05, 4.69) is 0 Å². The van der Waals surface area contributed by atoms with Crippen LogP contribution < -0.4 is 9.47 Å². The van der Waals surface area contributed by atoms with Crippen molar-refractivity contribution in [2.75, 3.05) is 0 Å². The first-order chi connectivity index (χ1) is 13.2. The van der Waals surface area contributed by atoms with Crippen molar-refractivity contribution in [3.63, 3.8) is 0 Å². The molecular formula is C23H18O4. The molecule has 3 aromatic carbocycles. The van der Waals surface area contributed by atoms with Crippen LogP contribution in [0.4, 0.5) is 0 Å². The molecule has 0 fully saturated rings. The highest BCUT2D eigenvalue weighted by atomic mass is 16.5. The lowest BCUT2D eigenvalue weighted by molar-refractivity contribution is -0.120. The van der Waals surface area contributed by atoms with Gasteiger partial charge < -0.3 is 9.47 Å². The van der Waals surface area contributed by atoms with Crippen molar-refractivity contribution in [1.29, 1.82) is 0 Å². The molecule has 0 heterocycles. The van der Waals surface area contributed by atoms with Gasteiger partial charge >= 0.3 is 5.97 Å². The molecule has 0 N–H and O–H groups in total. The van der Waals surface area contributed by atoms with Crippen LogP contribution in [0.3, 0.4) is 0 Å². The van der Waals surface area contributed by atoms with Gasteiger partial charge in [-0.3, -0.25) is 4.79 Å². The average Bonchev–Trinajstić information content (AvgIpc) is 3.17. The van der Waals surface area contributed by atoms with E-state index in [4.69, 9.17) is 9.47 Å². The standard InChI is InChI=1S/C23H18O4/c24-15-26-19-11-12-21(17-5-2-1-3-6-17)22(14-19)23(25)27-20-10-9-16-7-4-8-18(16)13-20/h1-3,5-6,9-15H,4,7-8H2. The van der Waals surface area contributed by atoms with E-state index in [1.165, 1.54) is 17.2 Å². The van der Waals surface area contributed by atoms with Gasteiger partial charge in [-0.1, -0.05) is 36.4 Å². The largest absolute Gasteiger partial charge is 0.429 e. The fraction of sp³-hybridized carbons (Fsp3) is 0.130. The summed E-state index contributed by atoms with van der Waals surface area (Å²) in [6.07, 6.45) is 3.22. The van der Waals surface area contributed by atoms with Gasteiger partial charge in [-0.25, -0.2) is 4.79 Å². The number of carbonyl (C=O) groups is 2. The van der Waals surface area contributed by atoms with E-state index >= 15 is 0 Å². The Morgan fingerprint density at radius 3 is 2.44 bits per heavy atom. The molecule has 3 aromatic rings. The maximum atomic E-state index is 12.9. The second kappa shape index (κ2) is 7.46. The summed E-state index contributed by atoms with van der Waals surface area (Å²) in [5.74, 6) is 0.343. The van der Waals surface area contributed by atoms with E-state index in [-0.39, 0.29) is 0 Å². The number of hydrogen-bond acceptors (Lipinski definition) is 4. The summed E-state index contributed by atoms with van der Waals surface area (Å²) in [6, 6.07) is 20.3. The lowest BCUT2D eigenvalue weighted by Gasteiger charge is -2.12. The Bertz CT molecular complexity index is 993. The zero-order valence-corrected chi connectivity index (χ0v) is 14.7. The molecule has 0 saturated carbocycles. The first kappa shape index (κ1) is 17.0. The van der Waals surface area contributed by atoms with Gasteiger partial charge in [0.2, 0.25) is 0 Å². The van der Waals surface area contributed by atoms with Gasteiger partial charge in [0.15, 0.2) is 0 Å². The van der Waals surface area contributed by atoms with Gasteiger partial charge in [0.25, 0.3) is 6.47 Å². The molecule has 0 unspecified atom stereocenters. The lowest BCUT2D eigenvalue weighted by Crippen LogP contribution is -2.11. The Kier molecular flexibility index (Phi) is 4.71. The van der Waals surface area contributed by atoms with Crippen LogP contribution in [-0.4, -0.2) is 12.4 Å². The Balaban J connectivity index is 1.69. The molecule has 4 heteroatoms. The van der Waals surface area contributed by atoms with Gasteiger partial charge in [0, 0.05) is 0 Å². The molecular weight excluding hydrogens is 340 g/mol. The number of fused-ring (bicyclic) bond motifs is 1. The minimum Gasteiger partial charge on any atom is -0.429 e. The summed E-state index contributed by atoms with van der Waals surface area (Å²) in [5, 5.41) is 0. The van der Waals surface area contributed by atoms with Crippen molar-refractivity contribution in [2.24, 2.45) is 0 Å². The third-order valence-electron chi connectivity index (χ3n) is 4.76. The van der Waals surface area contributed by atoms with Crippen LogP contribution >= 0.6 is 0 Å². The topological polar surface area (TPSA) is 52.6 Å². The Morgan fingerprint density at radius 1 is 0.852 bits per heavy atom. The summed E-state index contributed by atoms with van der Waals surface area (Å²) in [7, 11) is 0. The van der Waals surface area contributed by atoms with Gasteiger partial charge in [0.05, 0.1) is 5.56 Å². The van der Waals surface area contributed by atoms with Gasteiger partial charge in [-0.2, -0.15) is 0 Å². The third kappa shape index (κ3) is 3.60. The minimum absolute atomic E-state index is 0.297. The van der Waals surface area contributed by atoms with Crippen LogP contribution in [0.1, 0.15) is 27.9 Å². The van der Waals surface area contributed by atoms with Crippen molar-refractivity contribution < 1.29 is 19.1 Å². The van der Waals surface area contributed by atoms with Crippen LogP contribution in [0.2, 0.25) is 0 Å². The smallest absolute Gasteiger partial charge is 0.344 e. The zero-order chi connectivity index (χ0) is 18.6. The highest BCUT2D eigenvalue weighted by Crippen LogP contribution is 2.30. The number of rotatable bonds is 5. The Hall–Kier alpha value is -3.40. The first-order valence-corrected chi connectivity index (χ1v) is 8.88. The summed E-state index contributed by atoms with van der Waals surface area (Å²) in [6.45, 7) is 0.340. The summed E-state index contributed by atoms with van der Waals surface area (Å²) in [5.41, 5.74) is 4.51. The molecule has 1 aliphatic rings. The predicted octanol–water partition coefficient (Wildman–Crippen LogP) is 4.60. The van der Waals surface area contributed by atoms with Crippen LogP contribution in [0.5, 0.6) is 11.5 Å². The monoisotopic (exact) mass is 358 g/mol. The van der Waals surface area contributed by atoms with E-state index in [0.717, 1.165) is 30.4 Å². The van der Waals surface area contributed by atoms with E-state index in [9.17, 15) is 9.59 Å². The summed E-state index contributed by atoms with van der Waals surface area (Å²) >= 11 is 0. The highest BCUT2D eigenvalue weighted by molar-refractivity contribution is 5.99. The normalized spacial score (nSPS) is 12.3. The fourth-order valence-electron chi connectivity index (χ4n) is 3.46. The van der Waals surface area contributed by atoms with Crippen LogP contribution in [0.15, 0.2) is 66.7 Å². The third-order valence-corrected chi connectivity index (χ3v) is 4.76. The van der Waals surface area contributed by atoms with Crippen LogP contribution in [-0.2, 0) is 17.6 Å². The Morgan fingerprint density at radius 2 is 1.63 bits per heavy atom. The van der Waals surface area contributed by atoms with Crippen molar-refractivity contribution in [1.82, 2.24) is 0 Å². The summed E-state index contributed by atoms with van der Waals surface area (Å²) < 4.78 is 10.5. The molecule has 0 amide bonds. The van der Waals surface area contributed by atoms with Crippen molar-refractivity contribution >= 4 is 12.4 Å². The molecule has 0 saturated heterocycles. The van der Waals surface area contributed by atoms with E-state index in [1.807, 2.05) is 48.5 Å². The number of esters is 1. The first-order valence-electron chi connectivity index (χ1n) is 8.88. The van der Waals surface area contributed by atoms with Gasteiger partial charge in [-0.15, -0.1) is 0 Å². The molecule has 0 bridgehead atoms. The summed E-state index contributed by atoms with van der Waals surface area (Å²) in [4.78, 5) is 23.6. The molecule has 27 heavy (non-hydrogen) atoms. The maximum absolute atomic E-state index is 12.9. The molecule has 0 aromatic heterocycles. The average molecular weight is 358 g/mol. The van der Waals surface area contributed by atoms with E-state index in [0.29, 0.717) is 23.5 Å². The number of carbonyl (C=O) groups excluding carboxylic acids is 2. The van der Waals surface area contributed by atoms with E-state index in [1.54, 1.807) is 12.1 Å². The molecule has 4 rings (SSSR count). The molecule has 0 aliphatic heterocycles. The minimum atomic E-state index is -0.483. The van der Waals surface area contributed by atoms with Crippen LogP contribution in [0.25, 0.3) is 11.1 Å². The number of hydrogen-bond donors (Lipinski definition) is 0. The molecule has 0 radical (unpaired) electrons. The lowest BCUT2D eigenvalue weighted by atomic mass is 9.99. The van der Waals surface area contributed by atoms with Gasteiger partial charge in [-0.05, 0) is 71.8 Å². The highest BCUT2D eigenvalue weighted by Gasteiger charge is 2.18.